The molecule has 8 nitrogen and oxygen atoms in total. The predicted octanol–water partition coefficient (Wildman–Crippen LogP) is 1.60. The molecule has 0 aliphatic carbocycles. The fourth-order valence-electron chi connectivity index (χ4n) is 2.79. The van der Waals surface area contributed by atoms with E-state index in [0.717, 1.165) is 17.2 Å². The van der Waals surface area contributed by atoms with Crippen molar-refractivity contribution in [2.45, 2.75) is 33.7 Å². The molecule has 3 rings (SSSR count). The van der Waals surface area contributed by atoms with Crippen LogP contribution in [0.5, 0.6) is 0 Å². The first-order valence-electron chi connectivity index (χ1n) is 7.86. The first-order chi connectivity index (χ1) is 11.4. The number of imidazole rings is 1. The quantitative estimate of drug-likeness (QED) is 0.786. The van der Waals surface area contributed by atoms with Gasteiger partial charge in [0, 0.05) is 30.8 Å². The average molecular weight is 327 g/mol. The summed E-state index contributed by atoms with van der Waals surface area (Å²) in [6.45, 7) is 7.87. The van der Waals surface area contributed by atoms with Gasteiger partial charge in [-0.05, 0) is 25.8 Å². The van der Waals surface area contributed by atoms with Gasteiger partial charge in [-0.15, -0.1) is 10.2 Å². The molecule has 0 saturated carbocycles. The first kappa shape index (κ1) is 16.1. The third-order valence-corrected chi connectivity index (χ3v) is 3.99. The zero-order valence-electron chi connectivity index (χ0n) is 14.5. The van der Waals surface area contributed by atoms with Gasteiger partial charge in [0.05, 0.1) is 6.04 Å². The number of nitrogens with zero attached hydrogens (tertiary/aromatic N) is 6. The summed E-state index contributed by atoms with van der Waals surface area (Å²) in [5.41, 5.74) is 1.71. The molecule has 0 aromatic carbocycles. The van der Waals surface area contributed by atoms with E-state index in [1.807, 2.05) is 51.6 Å². The summed E-state index contributed by atoms with van der Waals surface area (Å²) in [4.78, 5) is 21.4. The number of rotatable bonds is 4. The second kappa shape index (κ2) is 6.03. The molecular formula is C16H21N7O. The first-order valence-corrected chi connectivity index (χ1v) is 7.86. The third-order valence-electron chi connectivity index (χ3n) is 3.99. The highest BCUT2D eigenvalue weighted by Crippen LogP contribution is 2.20. The molecule has 1 amide bonds. The Morgan fingerprint density at radius 2 is 2.00 bits per heavy atom. The Morgan fingerprint density at radius 1 is 1.25 bits per heavy atom. The van der Waals surface area contributed by atoms with E-state index in [1.54, 1.807) is 10.6 Å². The lowest BCUT2D eigenvalue weighted by atomic mass is 10.0. The average Bonchev–Trinajstić information content (AvgIpc) is 3.10. The van der Waals surface area contributed by atoms with Crippen molar-refractivity contribution in [3.8, 4) is 0 Å². The smallest absolute Gasteiger partial charge is 0.290 e. The fourth-order valence-corrected chi connectivity index (χ4v) is 2.79. The van der Waals surface area contributed by atoms with Crippen LogP contribution in [0.3, 0.4) is 0 Å². The van der Waals surface area contributed by atoms with Crippen LogP contribution in [0.1, 0.15) is 47.7 Å². The van der Waals surface area contributed by atoms with Crippen molar-refractivity contribution in [2.24, 2.45) is 13.0 Å². The minimum atomic E-state index is -0.294. The van der Waals surface area contributed by atoms with Crippen molar-refractivity contribution < 1.29 is 4.79 Å². The Morgan fingerprint density at radius 3 is 2.62 bits per heavy atom. The molecule has 0 spiro atoms. The lowest BCUT2D eigenvalue weighted by Crippen LogP contribution is -2.34. The second-order valence-electron chi connectivity index (χ2n) is 6.29. The standard InChI is InChI=1S/C16H21N7O/c1-9(2)12(13-17-6-7-22(13)5)19-15(24)14-20-21-16-18-10(3)8-11(4)23(14)16/h6-9,12H,1-5H3,(H,19,24)/t12-/m1/s1. The Kier molecular flexibility index (Phi) is 4.04. The molecule has 3 heterocycles. The molecule has 3 aromatic heterocycles. The molecule has 1 atom stereocenters. The summed E-state index contributed by atoms with van der Waals surface area (Å²) < 4.78 is 3.57. The Hall–Kier alpha value is -2.77. The summed E-state index contributed by atoms with van der Waals surface area (Å²) in [5, 5.41) is 11.1. The van der Waals surface area contributed by atoms with Crippen LogP contribution in [-0.4, -0.2) is 35.0 Å². The molecule has 0 saturated heterocycles. The van der Waals surface area contributed by atoms with Crippen LogP contribution in [0.15, 0.2) is 18.5 Å². The number of nitrogens with one attached hydrogen (secondary N) is 1. The third kappa shape index (κ3) is 2.75. The molecule has 0 unspecified atom stereocenters. The molecule has 8 heteroatoms. The lowest BCUT2D eigenvalue weighted by molar-refractivity contribution is 0.0910. The number of carbonyl (C=O) groups is 1. The maximum Gasteiger partial charge on any atom is 0.290 e. The number of aryl methyl sites for hydroxylation is 3. The number of aromatic nitrogens is 6. The van der Waals surface area contributed by atoms with Crippen LogP contribution in [-0.2, 0) is 7.05 Å². The highest BCUT2D eigenvalue weighted by molar-refractivity contribution is 5.91. The monoisotopic (exact) mass is 327 g/mol. The van der Waals surface area contributed by atoms with E-state index in [-0.39, 0.29) is 23.7 Å². The largest absolute Gasteiger partial charge is 0.339 e. The van der Waals surface area contributed by atoms with Crippen molar-refractivity contribution in [1.29, 1.82) is 0 Å². The summed E-state index contributed by atoms with van der Waals surface area (Å²) in [5.74, 6) is 1.34. The second-order valence-corrected chi connectivity index (χ2v) is 6.29. The SMILES string of the molecule is Cc1cc(C)n2c(C(=O)N[C@@H](c3nccn3C)C(C)C)nnc2n1. The van der Waals surface area contributed by atoms with Gasteiger partial charge >= 0.3 is 0 Å². The summed E-state index contributed by atoms with van der Waals surface area (Å²) >= 11 is 0. The van der Waals surface area contributed by atoms with E-state index < -0.39 is 0 Å². The van der Waals surface area contributed by atoms with Crippen LogP contribution < -0.4 is 5.32 Å². The van der Waals surface area contributed by atoms with E-state index in [2.05, 4.69) is 25.5 Å². The number of fused-ring (bicyclic) bond motifs is 1. The number of hydrogen-bond donors (Lipinski definition) is 1. The number of hydrogen-bond acceptors (Lipinski definition) is 5. The Labute approximate surface area is 140 Å². The van der Waals surface area contributed by atoms with Crippen molar-refractivity contribution >= 4 is 11.7 Å². The van der Waals surface area contributed by atoms with Gasteiger partial charge in [-0.3, -0.25) is 9.20 Å². The molecule has 0 aliphatic rings. The van der Waals surface area contributed by atoms with E-state index in [9.17, 15) is 4.79 Å². The maximum atomic E-state index is 12.8. The van der Waals surface area contributed by atoms with E-state index in [0.29, 0.717) is 5.78 Å². The Balaban J connectivity index is 1.96. The highest BCUT2D eigenvalue weighted by atomic mass is 16.2. The van der Waals surface area contributed by atoms with Gasteiger partial charge in [0.25, 0.3) is 11.7 Å². The zero-order valence-corrected chi connectivity index (χ0v) is 14.5. The minimum absolute atomic E-state index is 0.177. The summed E-state index contributed by atoms with van der Waals surface area (Å²) in [6.07, 6.45) is 3.58. The molecular weight excluding hydrogens is 306 g/mol. The van der Waals surface area contributed by atoms with Crippen LogP contribution in [0.25, 0.3) is 5.78 Å². The maximum absolute atomic E-state index is 12.8. The van der Waals surface area contributed by atoms with Gasteiger partial charge in [0.15, 0.2) is 0 Å². The van der Waals surface area contributed by atoms with Crippen LogP contribution in [0.4, 0.5) is 0 Å². The van der Waals surface area contributed by atoms with E-state index in [1.165, 1.54) is 0 Å². The molecule has 24 heavy (non-hydrogen) atoms. The fraction of sp³-hybridized carbons (Fsp3) is 0.438. The van der Waals surface area contributed by atoms with Crippen LogP contribution >= 0.6 is 0 Å². The zero-order chi connectivity index (χ0) is 17.4. The molecule has 126 valence electrons. The van der Waals surface area contributed by atoms with E-state index in [4.69, 9.17) is 0 Å². The molecule has 0 bridgehead atoms. The summed E-state index contributed by atoms with van der Waals surface area (Å²) in [6, 6.07) is 1.68. The van der Waals surface area contributed by atoms with Crippen molar-refractivity contribution in [3.63, 3.8) is 0 Å². The number of amides is 1. The lowest BCUT2D eigenvalue weighted by Gasteiger charge is -2.21. The van der Waals surface area contributed by atoms with Gasteiger partial charge in [-0.25, -0.2) is 9.97 Å². The van der Waals surface area contributed by atoms with Crippen molar-refractivity contribution in [1.82, 2.24) is 34.4 Å². The molecule has 1 N–H and O–H groups in total. The van der Waals surface area contributed by atoms with Gasteiger partial charge < -0.3 is 9.88 Å². The van der Waals surface area contributed by atoms with Crippen LogP contribution in [0, 0.1) is 19.8 Å². The molecule has 0 radical (unpaired) electrons. The number of carbonyl (C=O) groups excluding carboxylic acids is 1. The molecule has 0 aliphatic heterocycles. The highest BCUT2D eigenvalue weighted by Gasteiger charge is 2.25. The van der Waals surface area contributed by atoms with Crippen molar-refractivity contribution in [2.75, 3.05) is 0 Å². The van der Waals surface area contributed by atoms with Gasteiger partial charge in [-0.1, -0.05) is 13.8 Å². The topological polar surface area (TPSA) is 90.0 Å². The normalized spacial score (nSPS) is 12.8. The van der Waals surface area contributed by atoms with Gasteiger partial charge in [0.1, 0.15) is 5.82 Å². The van der Waals surface area contributed by atoms with Crippen molar-refractivity contribution in [3.05, 3.63) is 41.5 Å². The van der Waals surface area contributed by atoms with Gasteiger partial charge in [0.2, 0.25) is 5.82 Å². The molecule has 3 aromatic rings. The van der Waals surface area contributed by atoms with Crippen LogP contribution in [0.2, 0.25) is 0 Å². The van der Waals surface area contributed by atoms with E-state index >= 15 is 0 Å². The minimum Gasteiger partial charge on any atom is -0.339 e. The summed E-state index contributed by atoms with van der Waals surface area (Å²) in [7, 11) is 1.91. The van der Waals surface area contributed by atoms with Gasteiger partial charge in [-0.2, -0.15) is 0 Å². The Bertz CT molecular complexity index is 893. The molecule has 0 fully saturated rings. The predicted molar refractivity (Wildman–Crippen MR) is 88.5 cm³/mol.